The largest absolute Gasteiger partial charge is 0.508 e. The second-order valence-corrected chi connectivity index (χ2v) is 2.41. The molecular weight excluding hydrogens is 143 g/mol. The number of hydrogen-bond acceptors (Lipinski definition) is 1. The van der Waals surface area contributed by atoms with Crippen LogP contribution >= 0.6 is 0 Å². The third-order valence-electron chi connectivity index (χ3n) is 1.51. The zero-order chi connectivity index (χ0) is 8.43. The molecule has 1 aromatic rings. The highest BCUT2D eigenvalue weighted by Gasteiger charge is 2.00. The van der Waals surface area contributed by atoms with Crippen molar-refractivity contribution in [2.45, 2.75) is 6.92 Å². The minimum absolute atomic E-state index is 0.107. The molecule has 1 rings (SSSR count). The van der Waals surface area contributed by atoms with Gasteiger partial charge < -0.3 is 5.11 Å². The topological polar surface area (TPSA) is 20.2 Å². The van der Waals surface area contributed by atoms with Gasteiger partial charge in [0.1, 0.15) is 11.6 Å². The first-order valence-corrected chi connectivity index (χ1v) is 3.25. The Morgan fingerprint density at radius 3 is 2.64 bits per heavy atom. The van der Waals surface area contributed by atoms with Crippen LogP contribution < -0.4 is 0 Å². The molecule has 58 valence electrons. The average Bonchev–Trinajstić information content (AvgIpc) is 1.94. The molecule has 2 heteroatoms. The number of aliphatic hydroxyl groups excluding tert-OH is 1. The van der Waals surface area contributed by atoms with Gasteiger partial charge in [0.25, 0.3) is 0 Å². The summed E-state index contributed by atoms with van der Waals surface area (Å²) in [5.74, 6) is -0.429. The number of rotatable bonds is 1. The Hall–Kier alpha value is -1.31. The Balaban J connectivity index is 3.15. The highest BCUT2D eigenvalue weighted by molar-refractivity contribution is 5.56. The van der Waals surface area contributed by atoms with E-state index < -0.39 is 0 Å². The van der Waals surface area contributed by atoms with Gasteiger partial charge in [0.15, 0.2) is 0 Å². The van der Waals surface area contributed by atoms with Crippen LogP contribution in [0.4, 0.5) is 4.39 Å². The van der Waals surface area contributed by atoms with Crippen LogP contribution in [-0.2, 0) is 0 Å². The maximum atomic E-state index is 12.8. The van der Waals surface area contributed by atoms with Gasteiger partial charge in [0, 0.05) is 5.56 Å². The zero-order valence-electron chi connectivity index (χ0n) is 6.26. The van der Waals surface area contributed by atoms with Crippen molar-refractivity contribution in [3.63, 3.8) is 0 Å². The molecule has 0 bridgehead atoms. The Kier molecular flexibility index (Phi) is 1.94. The van der Waals surface area contributed by atoms with Gasteiger partial charge in [-0.3, -0.25) is 0 Å². The molecule has 0 aliphatic carbocycles. The van der Waals surface area contributed by atoms with Crippen LogP contribution in [0.15, 0.2) is 24.8 Å². The average molecular weight is 152 g/mol. The number of hydrogen-bond donors (Lipinski definition) is 1. The Morgan fingerprint density at radius 2 is 2.18 bits per heavy atom. The normalized spacial score (nSPS) is 9.64. The summed E-state index contributed by atoms with van der Waals surface area (Å²) in [7, 11) is 0. The quantitative estimate of drug-likeness (QED) is 0.613. The first kappa shape index (κ1) is 7.79. The highest BCUT2D eigenvalue weighted by Crippen LogP contribution is 2.13. The first-order chi connectivity index (χ1) is 5.11. The van der Waals surface area contributed by atoms with Crippen molar-refractivity contribution in [2.75, 3.05) is 0 Å². The molecule has 0 heterocycles. The summed E-state index contributed by atoms with van der Waals surface area (Å²) in [5.41, 5.74) is 0.989. The van der Waals surface area contributed by atoms with E-state index in [-0.39, 0.29) is 11.6 Å². The van der Waals surface area contributed by atoms with Crippen LogP contribution in [0.2, 0.25) is 0 Å². The van der Waals surface area contributed by atoms with Crippen LogP contribution in [0.1, 0.15) is 11.1 Å². The highest BCUT2D eigenvalue weighted by atomic mass is 19.1. The fourth-order valence-electron chi connectivity index (χ4n) is 0.772. The minimum atomic E-state index is -0.322. The number of halogens is 1. The van der Waals surface area contributed by atoms with Crippen LogP contribution in [0.3, 0.4) is 0 Å². The molecule has 0 spiro atoms. The number of aliphatic hydroxyl groups is 1. The maximum Gasteiger partial charge on any atom is 0.126 e. The van der Waals surface area contributed by atoms with Crippen LogP contribution in [0.25, 0.3) is 5.76 Å². The maximum absolute atomic E-state index is 12.8. The van der Waals surface area contributed by atoms with Gasteiger partial charge in [-0.05, 0) is 18.6 Å². The standard InChI is InChI=1S/C9H9FO/c1-6-3-4-8(7(2)11)5-9(6)10/h3-5,11H,2H2,1H3. The van der Waals surface area contributed by atoms with Crippen molar-refractivity contribution < 1.29 is 9.50 Å². The molecular formula is C9H9FO. The van der Waals surface area contributed by atoms with E-state index in [0.717, 1.165) is 0 Å². The molecule has 1 nitrogen and oxygen atoms in total. The van der Waals surface area contributed by atoms with E-state index >= 15 is 0 Å². The van der Waals surface area contributed by atoms with E-state index in [2.05, 4.69) is 6.58 Å². The van der Waals surface area contributed by atoms with Crippen molar-refractivity contribution in [1.82, 2.24) is 0 Å². The van der Waals surface area contributed by atoms with E-state index in [1.54, 1.807) is 19.1 Å². The Bertz CT molecular complexity index is 292. The molecule has 0 aliphatic rings. The summed E-state index contributed by atoms with van der Waals surface area (Å²) in [6.45, 7) is 4.95. The molecule has 1 N–H and O–H groups in total. The molecule has 0 amide bonds. The van der Waals surface area contributed by atoms with Crippen LogP contribution in [0.5, 0.6) is 0 Å². The van der Waals surface area contributed by atoms with E-state index in [9.17, 15) is 4.39 Å². The molecule has 0 aliphatic heterocycles. The van der Waals surface area contributed by atoms with Crippen molar-refractivity contribution in [1.29, 1.82) is 0 Å². The smallest absolute Gasteiger partial charge is 0.126 e. The summed E-state index contributed by atoms with van der Waals surface area (Å²) in [6.07, 6.45) is 0. The third-order valence-corrected chi connectivity index (χ3v) is 1.51. The molecule has 0 saturated heterocycles. The van der Waals surface area contributed by atoms with E-state index in [4.69, 9.17) is 5.11 Å². The van der Waals surface area contributed by atoms with Gasteiger partial charge in [0.05, 0.1) is 0 Å². The molecule has 0 fully saturated rings. The summed E-state index contributed by atoms with van der Waals surface area (Å²) >= 11 is 0. The van der Waals surface area contributed by atoms with Crippen molar-refractivity contribution in [2.24, 2.45) is 0 Å². The second-order valence-electron chi connectivity index (χ2n) is 2.41. The number of aryl methyl sites for hydroxylation is 1. The minimum Gasteiger partial charge on any atom is -0.508 e. The fourth-order valence-corrected chi connectivity index (χ4v) is 0.772. The predicted octanol–water partition coefficient (Wildman–Crippen LogP) is 2.66. The van der Waals surface area contributed by atoms with Gasteiger partial charge in [-0.15, -0.1) is 0 Å². The van der Waals surface area contributed by atoms with Crippen molar-refractivity contribution >= 4 is 5.76 Å². The summed E-state index contributed by atoms with van der Waals surface area (Å²) in [5, 5.41) is 8.88. The zero-order valence-corrected chi connectivity index (χ0v) is 6.26. The summed E-state index contributed by atoms with van der Waals surface area (Å²) in [4.78, 5) is 0. The molecule has 0 aromatic heterocycles. The predicted molar refractivity (Wildman–Crippen MR) is 42.8 cm³/mol. The fraction of sp³-hybridized carbons (Fsp3) is 0.111. The van der Waals surface area contributed by atoms with Crippen molar-refractivity contribution in [3.8, 4) is 0 Å². The SMILES string of the molecule is C=C(O)c1ccc(C)c(F)c1. The molecule has 0 radical (unpaired) electrons. The summed E-state index contributed by atoms with van der Waals surface area (Å²) in [6, 6.07) is 4.49. The van der Waals surface area contributed by atoms with E-state index in [1.807, 2.05) is 0 Å². The van der Waals surface area contributed by atoms with Crippen LogP contribution in [0, 0.1) is 12.7 Å². The van der Waals surface area contributed by atoms with Crippen molar-refractivity contribution in [3.05, 3.63) is 41.7 Å². The second kappa shape index (κ2) is 2.74. The lowest BCUT2D eigenvalue weighted by molar-refractivity contribution is 0.512. The van der Waals surface area contributed by atoms with Gasteiger partial charge in [-0.25, -0.2) is 4.39 Å². The lowest BCUT2D eigenvalue weighted by Gasteiger charge is -1.99. The lowest BCUT2D eigenvalue weighted by Crippen LogP contribution is -1.86. The van der Waals surface area contributed by atoms with E-state index in [1.165, 1.54) is 6.07 Å². The monoisotopic (exact) mass is 152 g/mol. The molecule has 11 heavy (non-hydrogen) atoms. The Labute approximate surface area is 64.8 Å². The molecule has 0 atom stereocenters. The van der Waals surface area contributed by atoms with Gasteiger partial charge in [0.2, 0.25) is 0 Å². The first-order valence-electron chi connectivity index (χ1n) is 3.25. The molecule has 0 saturated carbocycles. The number of benzene rings is 1. The van der Waals surface area contributed by atoms with Gasteiger partial charge >= 0.3 is 0 Å². The molecule has 0 unspecified atom stereocenters. The van der Waals surface area contributed by atoms with E-state index in [0.29, 0.717) is 11.1 Å². The third kappa shape index (κ3) is 1.58. The molecule has 1 aromatic carbocycles. The van der Waals surface area contributed by atoms with Gasteiger partial charge in [-0.2, -0.15) is 0 Å². The summed E-state index contributed by atoms with van der Waals surface area (Å²) < 4.78 is 12.8. The van der Waals surface area contributed by atoms with Crippen LogP contribution in [-0.4, -0.2) is 5.11 Å². The Morgan fingerprint density at radius 1 is 1.55 bits per heavy atom. The van der Waals surface area contributed by atoms with Gasteiger partial charge in [-0.1, -0.05) is 18.7 Å². The lowest BCUT2D eigenvalue weighted by atomic mass is 10.1.